The molecule has 0 bridgehead atoms. The van der Waals surface area contributed by atoms with Crippen LogP contribution in [0, 0.1) is 14.9 Å². The molecule has 0 saturated carbocycles. The van der Waals surface area contributed by atoms with Gasteiger partial charge in [-0.2, -0.15) is 28.2 Å². The van der Waals surface area contributed by atoms with Crippen molar-refractivity contribution in [2.75, 3.05) is 28.2 Å². The van der Waals surface area contributed by atoms with Crippen molar-refractivity contribution in [2.45, 2.75) is 0 Å². The van der Waals surface area contributed by atoms with Crippen molar-refractivity contribution in [3.63, 3.8) is 0 Å². The summed E-state index contributed by atoms with van der Waals surface area (Å²) in [5.41, 5.74) is 0. The van der Waals surface area contributed by atoms with E-state index in [1.165, 1.54) is 0 Å². The average molecular weight is 209 g/mol. The molecular weight excluding hydrogens is 191 g/mol. The maximum absolute atomic E-state index is 3.50. The van der Waals surface area contributed by atoms with Gasteiger partial charge in [0.05, 0.1) is 0 Å². The minimum absolute atomic E-state index is 0. The van der Waals surface area contributed by atoms with E-state index in [1.54, 1.807) is 28.2 Å². The number of nitrogens with zero attached hydrogens (tertiary/aromatic N) is 2. The van der Waals surface area contributed by atoms with E-state index in [9.17, 15) is 0 Å². The fourth-order valence-corrected chi connectivity index (χ4v) is 0. The van der Waals surface area contributed by atoms with Crippen molar-refractivity contribution in [3.8, 4) is 0 Å². The van der Waals surface area contributed by atoms with Gasteiger partial charge >= 0.3 is 26.2 Å². The molecule has 0 spiro atoms. The largest absolute Gasteiger partial charge is 4.00 e. The molecular formula is C6H18N2Zr. The average Bonchev–Trinajstić information content (AvgIpc) is 1.39. The molecule has 0 radical (unpaired) electrons. The van der Waals surface area contributed by atoms with E-state index in [0.29, 0.717) is 0 Å². The summed E-state index contributed by atoms with van der Waals surface area (Å²) < 4.78 is 0. The Morgan fingerprint density at radius 3 is 0.667 bits per heavy atom. The summed E-state index contributed by atoms with van der Waals surface area (Å²) in [5.74, 6) is 0. The second kappa shape index (κ2) is 68.2. The van der Waals surface area contributed by atoms with Gasteiger partial charge in [-0.1, -0.05) is 0 Å². The van der Waals surface area contributed by atoms with Crippen LogP contribution in [0.25, 0.3) is 10.6 Å². The van der Waals surface area contributed by atoms with Crippen LogP contribution in [0.15, 0.2) is 0 Å². The van der Waals surface area contributed by atoms with E-state index in [0.717, 1.165) is 0 Å². The van der Waals surface area contributed by atoms with Gasteiger partial charge in [0.2, 0.25) is 0 Å². The Labute approximate surface area is 79.9 Å². The van der Waals surface area contributed by atoms with E-state index in [4.69, 9.17) is 0 Å². The molecule has 0 amide bonds. The molecule has 0 aliphatic rings. The summed E-state index contributed by atoms with van der Waals surface area (Å²) in [6, 6.07) is 0. The van der Waals surface area contributed by atoms with E-state index < -0.39 is 0 Å². The predicted octanol–water partition coefficient (Wildman–Crippen LogP) is 2.14. The van der Waals surface area contributed by atoms with Gasteiger partial charge in [-0.15, -0.1) is 0 Å². The van der Waals surface area contributed by atoms with Crippen LogP contribution in [0.4, 0.5) is 0 Å². The van der Waals surface area contributed by atoms with Gasteiger partial charge in [-0.25, -0.2) is 0 Å². The van der Waals surface area contributed by atoms with Gasteiger partial charge < -0.3 is 25.5 Å². The monoisotopic (exact) mass is 208 g/mol. The molecule has 0 heterocycles. The summed E-state index contributed by atoms with van der Waals surface area (Å²) >= 11 is 0. The molecule has 0 aromatic carbocycles. The molecule has 3 heteroatoms. The Morgan fingerprint density at radius 1 is 0.667 bits per heavy atom. The van der Waals surface area contributed by atoms with Crippen LogP contribution in [-0.2, 0) is 26.2 Å². The molecule has 2 nitrogen and oxygen atoms in total. The zero-order valence-electron chi connectivity index (χ0n) is 7.39. The van der Waals surface area contributed by atoms with Crippen molar-refractivity contribution < 1.29 is 26.2 Å². The number of hydrogen-bond acceptors (Lipinski definition) is 0. The molecule has 9 heavy (non-hydrogen) atoms. The Morgan fingerprint density at radius 2 is 0.667 bits per heavy atom. The van der Waals surface area contributed by atoms with Crippen LogP contribution in [0.3, 0.4) is 0 Å². The standard InChI is InChI=1S/2C2H6N.2CH3.Zr/c2*1-3-2;;;/h2*1-2H3;2*1H3;/q4*-1;+4. The van der Waals surface area contributed by atoms with Crippen LogP contribution in [0.2, 0.25) is 0 Å². The van der Waals surface area contributed by atoms with E-state index in [1.807, 2.05) is 0 Å². The summed E-state index contributed by atoms with van der Waals surface area (Å²) in [5, 5.41) is 7.00. The minimum Gasteiger partial charge on any atom is -0.668 e. The summed E-state index contributed by atoms with van der Waals surface area (Å²) in [7, 11) is 7.00. The fourth-order valence-electron chi connectivity index (χ4n) is 0. The predicted molar refractivity (Wildman–Crippen MR) is 43.2 cm³/mol. The third kappa shape index (κ3) is 632. The minimum atomic E-state index is 0. The van der Waals surface area contributed by atoms with Crippen LogP contribution < -0.4 is 0 Å². The van der Waals surface area contributed by atoms with Gasteiger partial charge in [-0.05, 0) is 0 Å². The van der Waals surface area contributed by atoms with Crippen LogP contribution in [0.1, 0.15) is 0 Å². The number of hydrogen-bond donors (Lipinski definition) is 0. The van der Waals surface area contributed by atoms with E-state index in [-0.39, 0.29) is 41.1 Å². The fraction of sp³-hybridized carbons (Fsp3) is 0.667. The van der Waals surface area contributed by atoms with Crippen molar-refractivity contribution >= 4 is 0 Å². The molecule has 0 aliphatic carbocycles. The van der Waals surface area contributed by atoms with E-state index in [2.05, 4.69) is 10.6 Å². The third-order valence-electron chi connectivity index (χ3n) is 0. The van der Waals surface area contributed by atoms with E-state index >= 15 is 0 Å². The van der Waals surface area contributed by atoms with Gasteiger partial charge in [0.25, 0.3) is 0 Å². The molecule has 0 rings (SSSR count). The summed E-state index contributed by atoms with van der Waals surface area (Å²) in [6.45, 7) is 0. The van der Waals surface area contributed by atoms with Crippen molar-refractivity contribution in [2.24, 2.45) is 0 Å². The van der Waals surface area contributed by atoms with Crippen LogP contribution in [0.5, 0.6) is 0 Å². The molecule has 0 unspecified atom stereocenters. The van der Waals surface area contributed by atoms with Crippen molar-refractivity contribution in [3.05, 3.63) is 25.5 Å². The first-order valence-corrected chi connectivity index (χ1v) is 1.79. The zero-order chi connectivity index (χ0) is 5.41. The molecule has 0 aromatic rings. The van der Waals surface area contributed by atoms with Crippen molar-refractivity contribution in [1.29, 1.82) is 0 Å². The number of rotatable bonds is 0. The maximum Gasteiger partial charge on any atom is 4.00 e. The molecule has 0 fully saturated rings. The Balaban J connectivity index is -0.00000000889. The smallest absolute Gasteiger partial charge is 0.668 e. The van der Waals surface area contributed by atoms with Crippen LogP contribution in [-0.4, -0.2) is 28.2 Å². The maximum atomic E-state index is 3.50. The Kier molecular flexibility index (Phi) is 250. The molecule has 0 aliphatic heterocycles. The molecule has 0 saturated heterocycles. The topological polar surface area (TPSA) is 28.2 Å². The Bertz CT molecular complexity index is 13.0. The van der Waals surface area contributed by atoms with Gasteiger partial charge in [0.15, 0.2) is 0 Å². The summed E-state index contributed by atoms with van der Waals surface area (Å²) in [4.78, 5) is 0. The third-order valence-corrected chi connectivity index (χ3v) is 0. The van der Waals surface area contributed by atoms with Crippen molar-refractivity contribution in [1.82, 2.24) is 0 Å². The normalized spacial score (nSPS) is 4.00. The molecule has 0 N–H and O–H groups in total. The molecule has 0 aromatic heterocycles. The quantitative estimate of drug-likeness (QED) is 0.547. The van der Waals surface area contributed by atoms with Gasteiger partial charge in [-0.3, -0.25) is 0 Å². The summed E-state index contributed by atoms with van der Waals surface area (Å²) in [6.07, 6.45) is 0. The first-order valence-electron chi connectivity index (χ1n) is 1.79. The zero-order valence-corrected chi connectivity index (χ0v) is 9.85. The second-order valence-corrected chi connectivity index (χ2v) is 0.894. The second-order valence-electron chi connectivity index (χ2n) is 0.894. The molecule has 56 valence electrons. The first-order chi connectivity index (χ1) is 2.83. The van der Waals surface area contributed by atoms with Gasteiger partial charge in [0, 0.05) is 0 Å². The molecule has 0 atom stereocenters. The Hall–Kier alpha value is 0.803. The van der Waals surface area contributed by atoms with Gasteiger partial charge in [0.1, 0.15) is 0 Å². The first kappa shape index (κ1) is 32.9. The SMILES string of the molecule is C[N-]C.C[N-]C.[CH3-].[CH3-].[Zr+4]. The van der Waals surface area contributed by atoms with Crippen LogP contribution >= 0.6 is 0 Å².